The van der Waals surface area contributed by atoms with Crippen LogP contribution in [-0.2, 0) is 4.79 Å². The predicted octanol–water partition coefficient (Wildman–Crippen LogP) is 2.82. The number of carbonyl (C=O) groups excluding carboxylic acids is 1. The van der Waals surface area contributed by atoms with Crippen molar-refractivity contribution < 1.29 is 9.32 Å². The van der Waals surface area contributed by atoms with Gasteiger partial charge in [-0.15, -0.1) is 0 Å². The molecule has 1 aromatic carbocycles. The highest BCUT2D eigenvalue weighted by Crippen LogP contribution is 2.27. The van der Waals surface area contributed by atoms with Gasteiger partial charge in [0.15, 0.2) is 5.82 Å². The second-order valence-corrected chi connectivity index (χ2v) is 6.83. The van der Waals surface area contributed by atoms with Crippen LogP contribution in [0.15, 0.2) is 34.9 Å². The van der Waals surface area contributed by atoms with Crippen molar-refractivity contribution in [1.29, 1.82) is 0 Å². The minimum atomic E-state index is -0.182. The van der Waals surface area contributed by atoms with Crippen molar-refractivity contribution in [2.75, 3.05) is 13.1 Å². The van der Waals surface area contributed by atoms with Crippen LogP contribution in [0.5, 0.6) is 0 Å². The van der Waals surface area contributed by atoms with Crippen molar-refractivity contribution >= 4 is 5.91 Å². The van der Waals surface area contributed by atoms with Crippen molar-refractivity contribution in [1.82, 2.24) is 20.4 Å². The van der Waals surface area contributed by atoms with E-state index in [0.717, 1.165) is 31.5 Å². The first kappa shape index (κ1) is 17.6. The number of aromatic nitrogens is 2. The van der Waals surface area contributed by atoms with Gasteiger partial charge >= 0.3 is 0 Å². The van der Waals surface area contributed by atoms with Gasteiger partial charge in [0.25, 0.3) is 0 Å². The third kappa shape index (κ3) is 4.25. The number of nitrogens with zero attached hydrogens (tertiary/aromatic N) is 3. The number of aryl methyl sites for hydroxylation is 1. The summed E-state index contributed by atoms with van der Waals surface area (Å²) in [6.07, 6.45) is 2.05. The van der Waals surface area contributed by atoms with E-state index in [9.17, 15) is 4.79 Å². The molecular weight excluding hydrogens is 316 g/mol. The standard InChI is InChI=1S/C19H26N4O2/c1-13(16-8-5-4-6-9-16)20-18(24)14(2)23-11-7-10-17(12-23)19-21-15(3)22-25-19/h4-6,8-9,13-14,17H,7,10-12H2,1-3H3,(H,20,24)/t13-,14-,17-/m1/s1. The van der Waals surface area contributed by atoms with E-state index in [-0.39, 0.29) is 23.9 Å². The molecule has 0 radical (unpaired) electrons. The summed E-state index contributed by atoms with van der Waals surface area (Å²) in [5.74, 6) is 1.61. The Labute approximate surface area is 148 Å². The van der Waals surface area contributed by atoms with Gasteiger partial charge in [-0.3, -0.25) is 9.69 Å². The normalized spacial score (nSPS) is 20.8. The fraction of sp³-hybridized carbons (Fsp3) is 0.526. The summed E-state index contributed by atoms with van der Waals surface area (Å²) < 4.78 is 5.33. The highest BCUT2D eigenvalue weighted by atomic mass is 16.5. The number of piperidine rings is 1. The van der Waals surface area contributed by atoms with Crippen LogP contribution in [0.3, 0.4) is 0 Å². The smallest absolute Gasteiger partial charge is 0.237 e. The number of benzene rings is 1. The lowest BCUT2D eigenvalue weighted by Crippen LogP contribution is -2.49. The first-order chi connectivity index (χ1) is 12.0. The van der Waals surface area contributed by atoms with Gasteiger partial charge in [0.2, 0.25) is 11.8 Å². The molecule has 25 heavy (non-hydrogen) atoms. The summed E-state index contributed by atoms with van der Waals surface area (Å²) in [5, 5.41) is 7.01. The molecule has 1 fully saturated rings. The van der Waals surface area contributed by atoms with E-state index in [0.29, 0.717) is 11.7 Å². The fourth-order valence-corrected chi connectivity index (χ4v) is 3.36. The molecule has 0 spiro atoms. The second kappa shape index (κ2) is 7.78. The molecule has 6 nitrogen and oxygen atoms in total. The molecule has 1 aliphatic heterocycles. The van der Waals surface area contributed by atoms with Crippen molar-refractivity contribution in [3.05, 3.63) is 47.6 Å². The molecule has 1 amide bonds. The van der Waals surface area contributed by atoms with Crippen LogP contribution in [0.25, 0.3) is 0 Å². The van der Waals surface area contributed by atoms with Crippen LogP contribution < -0.4 is 5.32 Å². The zero-order chi connectivity index (χ0) is 17.8. The van der Waals surface area contributed by atoms with E-state index < -0.39 is 0 Å². The fourth-order valence-electron chi connectivity index (χ4n) is 3.36. The lowest BCUT2D eigenvalue weighted by molar-refractivity contribution is -0.127. The first-order valence-corrected chi connectivity index (χ1v) is 8.94. The first-order valence-electron chi connectivity index (χ1n) is 8.94. The van der Waals surface area contributed by atoms with E-state index in [1.807, 2.05) is 51.1 Å². The maximum absolute atomic E-state index is 12.7. The molecule has 1 saturated heterocycles. The van der Waals surface area contributed by atoms with Gasteiger partial charge in [0, 0.05) is 6.54 Å². The number of nitrogens with one attached hydrogen (secondary N) is 1. The molecule has 1 aliphatic rings. The highest BCUT2D eigenvalue weighted by molar-refractivity contribution is 5.81. The quantitative estimate of drug-likeness (QED) is 0.905. The van der Waals surface area contributed by atoms with E-state index in [2.05, 4.69) is 20.4 Å². The van der Waals surface area contributed by atoms with Crippen LogP contribution in [0.4, 0.5) is 0 Å². The zero-order valence-electron chi connectivity index (χ0n) is 15.1. The van der Waals surface area contributed by atoms with E-state index in [1.54, 1.807) is 0 Å². The molecule has 1 N–H and O–H groups in total. The van der Waals surface area contributed by atoms with Crippen LogP contribution in [0.2, 0.25) is 0 Å². The van der Waals surface area contributed by atoms with Crippen molar-refractivity contribution in [3.8, 4) is 0 Å². The minimum Gasteiger partial charge on any atom is -0.348 e. The number of hydrogen-bond acceptors (Lipinski definition) is 5. The molecule has 1 aromatic heterocycles. The number of amides is 1. The lowest BCUT2D eigenvalue weighted by atomic mass is 9.96. The summed E-state index contributed by atoms with van der Waals surface area (Å²) >= 11 is 0. The predicted molar refractivity (Wildman–Crippen MR) is 95.0 cm³/mol. The average molecular weight is 342 g/mol. The Kier molecular flexibility index (Phi) is 5.48. The molecule has 3 rings (SSSR count). The number of carbonyl (C=O) groups is 1. The van der Waals surface area contributed by atoms with E-state index in [4.69, 9.17) is 4.52 Å². The Bertz CT molecular complexity index is 700. The Balaban J connectivity index is 1.59. The molecule has 2 heterocycles. The van der Waals surface area contributed by atoms with Gasteiger partial charge in [-0.25, -0.2) is 0 Å². The third-order valence-corrected chi connectivity index (χ3v) is 4.93. The maximum atomic E-state index is 12.7. The molecule has 0 unspecified atom stereocenters. The molecular formula is C19H26N4O2. The van der Waals surface area contributed by atoms with Gasteiger partial charge in [-0.2, -0.15) is 4.98 Å². The topological polar surface area (TPSA) is 71.3 Å². The van der Waals surface area contributed by atoms with Gasteiger partial charge in [-0.05, 0) is 45.7 Å². The van der Waals surface area contributed by atoms with E-state index >= 15 is 0 Å². The van der Waals surface area contributed by atoms with Crippen molar-refractivity contribution in [2.45, 2.75) is 51.6 Å². The summed E-state index contributed by atoms with van der Waals surface area (Å²) in [7, 11) is 0. The second-order valence-electron chi connectivity index (χ2n) is 6.83. The summed E-state index contributed by atoms with van der Waals surface area (Å²) in [6, 6.07) is 9.84. The Morgan fingerprint density at radius 1 is 1.32 bits per heavy atom. The van der Waals surface area contributed by atoms with Gasteiger partial charge in [0.1, 0.15) is 0 Å². The van der Waals surface area contributed by atoms with Crippen LogP contribution in [0, 0.1) is 6.92 Å². The van der Waals surface area contributed by atoms with Crippen LogP contribution in [0.1, 0.15) is 55.9 Å². The molecule has 0 aliphatic carbocycles. The Morgan fingerprint density at radius 2 is 2.08 bits per heavy atom. The molecule has 3 atom stereocenters. The van der Waals surface area contributed by atoms with Gasteiger partial charge in [-0.1, -0.05) is 35.5 Å². The van der Waals surface area contributed by atoms with Crippen LogP contribution >= 0.6 is 0 Å². The van der Waals surface area contributed by atoms with Crippen LogP contribution in [-0.4, -0.2) is 40.1 Å². The number of hydrogen-bond donors (Lipinski definition) is 1. The monoisotopic (exact) mass is 342 g/mol. The summed E-state index contributed by atoms with van der Waals surface area (Å²) in [5.41, 5.74) is 1.11. The lowest BCUT2D eigenvalue weighted by Gasteiger charge is -2.35. The molecule has 2 aromatic rings. The maximum Gasteiger partial charge on any atom is 0.237 e. The third-order valence-electron chi connectivity index (χ3n) is 4.93. The Hall–Kier alpha value is -2.21. The SMILES string of the molecule is Cc1noc([C@@H]2CCCN([C@H](C)C(=O)N[C@H](C)c3ccccc3)C2)n1. The average Bonchev–Trinajstić information content (AvgIpc) is 3.08. The van der Waals surface area contributed by atoms with E-state index in [1.165, 1.54) is 0 Å². The molecule has 0 bridgehead atoms. The number of rotatable bonds is 5. The zero-order valence-corrected chi connectivity index (χ0v) is 15.1. The van der Waals surface area contributed by atoms with Gasteiger partial charge in [0.05, 0.1) is 18.0 Å². The number of likely N-dealkylation sites (tertiary alicyclic amines) is 1. The van der Waals surface area contributed by atoms with Gasteiger partial charge < -0.3 is 9.84 Å². The largest absolute Gasteiger partial charge is 0.348 e. The summed E-state index contributed by atoms with van der Waals surface area (Å²) in [4.78, 5) is 19.2. The molecule has 6 heteroatoms. The molecule has 0 saturated carbocycles. The highest BCUT2D eigenvalue weighted by Gasteiger charge is 2.31. The molecule has 134 valence electrons. The minimum absolute atomic E-state index is 0.00433. The Morgan fingerprint density at radius 3 is 2.76 bits per heavy atom. The van der Waals surface area contributed by atoms with Crippen molar-refractivity contribution in [2.24, 2.45) is 0 Å². The summed E-state index contributed by atoms with van der Waals surface area (Å²) in [6.45, 7) is 7.50. The van der Waals surface area contributed by atoms with Crippen molar-refractivity contribution in [3.63, 3.8) is 0 Å².